The molecule has 2 amide bonds. The van der Waals surface area contributed by atoms with Crippen molar-refractivity contribution in [3.63, 3.8) is 0 Å². The highest BCUT2D eigenvalue weighted by Gasteiger charge is 2.29. The van der Waals surface area contributed by atoms with Gasteiger partial charge >= 0.3 is 0 Å². The van der Waals surface area contributed by atoms with Crippen LogP contribution in [-0.4, -0.2) is 59.6 Å². The molecule has 0 saturated carbocycles. The molecule has 2 aliphatic heterocycles. The van der Waals surface area contributed by atoms with Crippen LogP contribution in [-0.2, 0) is 22.6 Å². The van der Waals surface area contributed by atoms with E-state index in [0.717, 1.165) is 35.3 Å². The molecule has 0 aliphatic carbocycles. The topological polar surface area (TPSA) is 106 Å². The molecule has 0 bridgehead atoms. The van der Waals surface area contributed by atoms with Crippen molar-refractivity contribution in [2.45, 2.75) is 32.0 Å². The lowest BCUT2D eigenvalue weighted by Gasteiger charge is -2.23. The van der Waals surface area contributed by atoms with Crippen molar-refractivity contribution >= 4 is 29.4 Å². The number of rotatable bonds is 8. The van der Waals surface area contributed by atoms with E-state index >= 15 is 0 Å². The van der Waals surface area contributed by atoms with Gasteiger partial charge < -0.3 is 25.0 Å². The Bertz CT molecular complexity index is 1310. The monoisotopic (exact) mass is 521 g/mol. The van der Waals surface area contributed by atoms with Gasteiger partial charge in [0.25, 0.3) is 5.91 Å². The van der Waals surface area contributed by atoms with E-state index in [1.165, 1.54) is 4.90 Å². The van der Waals surface area contributed by atoms with Crippen LogP contribution in [0.4, 0.5) is 5.95 Å². The summed E-state index contributed by atoms with van der Waals surface area (Å²) in [4.78, 5) is 36.2. The molecule has 3 heterocycles. The summed E-state index contributed by atoms with van der Waals surface area (Å²) >= 11 is 6.43. The largest absolute Gasteiger partial charge is 0.497 e. The molecule has 0 unspecified atom stereocenters. The second-order valence-electron chi connectivity index (χ2n) is 9.08. The molecule has 3 aromatic rings. The molecule has 192 valence electrons. The normalized spacial score (nSPS) is 15.4. The van der Waals surface area contributed by atoms with Crippen LogP contribution in [0.5, 0.6) is 5.75 Å². The summed E-state index contributed by atoms with van der Waals surface area (Å²) in [7, 11) is 1.60. The number of amides is 2. The summed E-state index contributed by atoms with van der Waals surface area (Å²) in [5, 5.41) is 6.62. The van der Waals surface area contributed by atoms with Gasteiger partial charge in [0, 0.05) is 43.5 Å². The van der Waals surface area contributed by atoms with Crippen LogP contribution in [0.3, 0.4) is 0 Å². The van der Waals surface area contributed by atoms with E-state index in [1.54, 1.807) is 19.4 Å². The summed E-state index contributed by atoms with van der Waals surface area (Å²) < 4.78 is 10.6. The maximum Gasteiger partial charge on any atom is 0.254 e. The van der Waals surface area contributed by atoms with Crippen molar-refractivity contribution in [3.8, 4) is 17.0 Å². The predicted octanol–water partition coefficient (Wildman–Crippen LogP) is 3.67. The Kier molecular flexibility index (Phi) is 7.52. The summed E-state index contributed by atoms with van der Waals surface area (Å²) in [6.45, 7) is 2.11. The summed E-state index contributed by atoms with van der Waals surface area (Å²) in [6, 6.07) is 13.3. The lowest BCUT2D eigenvalue weighted by molar-refractivity contribution is -0.122. The summed E-state index contributed by atoms with van der Waals surface area (Å²) in [5.41, 5.74) is 3.60. The second-order valence-corrected chi connectivity index (χ2v) is 9.49. The number of anilines is 1. The zero-order valence-corrected chi connectivity index (χ0v) is 21.3. The fourth-order valence-corrected chi connectivity index (χ4v) is 4.71. The predicted molar refractivity (Wildman–Crippen MR) is 140 cm³/mol. The van der Waals surface area contributed by atoms with Crippen molar-refractivity contribution in [2.24, 2.45) is 0 Å². The van der Waals surface area contributed by atoms with E-state index in [2.05, 4.69) is 20.6 Å². The van der Waals surface area contributed by atoms with Gasteiger partial charge in [-0.25, -0.2) is 9.97 Å². The molecule has 0 spiro atoms. The van der Waals surface area contributed by atoms with Gasteiger partial charge in [-0.15, -0.1) is 0 Å². The lowest BCUT2D eigenvalue weighted by Crippen LogP contribution is -2.37. The summed E-state index contributed by atoms with van der Waals surface area (Å²) in [5.74, 6) is 0.793. The Morgan fingerprint density at radius 3 is 2.86 bits per heavy atom. The van der Waals surface area contributed by atoms with Gasteiger partial charge in [0.05, 0.1) is 24.0 Å². The third kappa shape index (κ3) is 5.84. The maximum atomic E-state index is 13.1. The molecule has 37 heavy (non-hydrogen) atoms. The molecule has 2 aromatic carbocycles. The molecular weight excluding hydrogens is 494 g/mol. The number of carbonyl (C=O) groups is 2. The van der Waals surface area contributed by atoms with Gasteiger partial charge in [-0.2, -0.15) is 0 Å². The van der Waals surface area contributed by atoms with Crippen LogP contribution in [0.25, 0.3) is 11.3 Å². The van der Waals surface area contributed by atoms with Gasteiger partial charge in [-0.1, -0.05) is 35.9 Å². The molecule has 1 fully saturated rings. The van der Waals surface area contributed by atoms with Crippen molar-refractivity contribution < 1.29 is 19.1 Å². The first-order valence-corrected chi connectivity index (χ1v) is 12.6. The number of ether oxygens (including phenoxy) is 2. The molecule has 10 heteroatoms. The van der Waals surface area contributed by atoms with Crippen LogP contribution >= 0.6 is 11.6 Å². The highest BCUT2D eigenvalue weighted by Crippen LogP contribution is 2.31. The first-order valence-electron chi connectivity index (χ1n) is 12.2. The van der Waals surface area contributed by atoms with E-state index in [-0.39, 0.29) is 24.4 Å². The fourth-order valence-electron chi connectivity index (χ4n) is 4.51. The quantitative estimate of drug-likeness (QED) is 0.466. The van der Waals surface area contributed by atoms with Crippen molar-refractivity contribution in [3.05, 3.63) is 70.4 Å². The molecule has 9 nitrogen and oxygen atoms in total. The number of nitrogens with zero attached hydrogens (tertiary/aromatic N) is 3. The van der Waals surface area contributed by atoms with Gasteiger partial charge in [0.1, 0.15) is 12.3 Å². The van der Waals surface area contributed by atoms with Crippen molar-refractivity contribution in [1.82, 2.24) is 20.2 Å². The van der Waals surface area contributed by atoms with Crippen LogP contribution in [0.2, 0.25) is 5.02 Å². The number of methoxy groups -OCH3 is 1. The van der Waals surface area contributed by atoms with Crippen LogP contribution in [0, 0.1) is 0 Å². The summed E-state index contributed by atoms with van der Waals surface area (Å²) in [6.07, 6.45) is 3.34. The Labute approximate surface area is 220 Å². The van der Waals surface area contributed by atoms with Crippen LogP contribution in [0.1, 0.15) is 34.3 Å². The highest BCUT2D eigenvalue weighted by atomic mass is 35.5. The first-order chi connectivity index (χ1) is 18.0. The molecular formula is C27H28ClN5O4. The number of benzene rings is 2. The number of hydrogen-bond acceptors (Lipinski definition) is 7. The number of aromatic nitrogens is 2. The minimum Gasteiger partial charge on any atom is -0.497 e. The SMILES string of the molecule is COc1cccc(CNC(=O)CN2Cc3ccc(-c4nc(NC5CCOCC5)ncc4Cl)cc3C2=O)c1. The molecule has 1 saturated heterocycles. The Morgan fingerprint density at radius 2 is 2.05 bits per heavy atom. The van der Waals surface area contributed by atoms with Gasteiger partial charge in [-0.05, 0) is 42.2 Å². The van der Waals surface area contributed by atoms with E-state index in [1.807, 2.05) is 36.4 Å². The zero-order chi connectivity index (χ0) is 25.8. The Balaban J connectivity index is 1.25. The number of carbonyl (C=O) groups excluding carboxylic acids is 2. The lowest BCUT2D eigenvalue weighted by atomic mass is 10.0. The van der Waals surface area contributed by atoms with E-state index < -0.39 is 0 Å². The van der Waals surface area contributed by atoms with Gasteiger partial charge in [-0.3, -0.25) is 9.59 Å². The number of fused-ring (bicyclic) bond motifs is 1. The zero-order valence-electron chi connectivity index (χ0n) is 20.5. The van der Waals surface area contributed by atoms with E-state index in [0.29, 0.717) is 48.5 Å². The fraction of sp³-hybridized carbons (Fsp3) is 0.333. The molecule has 2 aliphatic rings. The molecule has 0 radical (unpaired) electrons. The van der Waals surface area contributed by atoms with Crippen LogP contribution in [0.15, 0.2) is 48.7 Å². The number of nitrogens with one attached hydrogen (secondary N) is 2. The molecule has 1 aromatic heterocycles. The van der Waals surface area contributed by atoms with Gasteiger partial charge in [0.2, 0.25) is 11.9 Å². The Morgan fingerprint density at radius 1 is 1.22 bits per heavy atom. The standard InChI is InChI=1S/C27H28ClN5O4/c1-36-21-4-2-3-17(11-21)13-29-24(34)16-33-15-19-6-5-18(12-22(19)26(33)35)25-23(28)14-30-27(32-25)31-20-7-9-37-10-8-20/h2-6,11-12,14,20H,7-10,13,15-16H2,1H3,(H,29,34)(H,30,31,32). The van der Waals surface area contributed by atoms with Crippen molar-refractivity contribution in [2.75, 3.05) is 32.2 Å². The minimum absolute atomic E-state index is 0.0275. The molecule has 0 atom stereocenters. The molecule has 2 N–H and O–H groups in total. The van der Waals surface area contributed by atoms with E-state index in [4.69, 9.17) is 21.1 Å². The molecule has 5 rings (SSSR count). The smallest absolute Gasteiger partial charge is 0.254 e. The first kappa shape index (κ1) is 25.0. The number of halogens is 1. The highest BCUT2D eigenvalue weighted by molar-refractivity contribution is 6.33. The van der Waals surface area contributed by atoms with Crippen molar-refractivity contribution in [1.29, 1.82) is 0 Å². The minimum atomic E-state index is -0.230. The Hall–Kier alpha value is -3.69. The van der Waals surface area contributed by atoms with E-state index in [9.17, 15) is 9.59 Å². The average molecular weight is 522 g/mol. The third-order valence-electron chi connectivity index (χ3n) is 6.52. The van der Waals surface area contributed by atoms with Gasteiger partial charge in [0.15, 0.2) is 0 Å². The van der Waals surface area contributed by atoms with Crippen LogP contribution < -0.4 is 15.4 Å². The second kappa shape index (κ2) is 11.1. The average Bonchev–Trinajstić information content (AvgIpc) is 3.23. The number of hydrogen-bond donors (Lipinski definition) is 2. The maximum absolute atomic E-state index is 13.1. The third-order valence-corrected chi connectivity index (χ3v) is 6.80.